The van der Waals surface area contributed by atoms with Crippen LogP contribution in [0.1, 0.15) is 388 Å². The summed E-state index contributed by atoms with van der Waals surface area (Å²) in [5.41, 5.74) is 1.12. The van der Waals surface area contributed by atoms with Crippen molar-refractivity contribution in [1.29, 1.82) is 0 Å². The fraction of sp³-hybridized carbons (Fsp3) is 0.769. The topological polar surface area (TPSA) is 289 Å². The normalized spacial score (nSPS) is 33.3. The largest absolute Gasteiger partial charge is 0.457 e. The van der Waals surface area contributed by atoms with E-state index in [0.29, 0.717) is 118 Å². The molecule has 18 aliphatic rings. The summed E-state index contributed by atoms with van der Waals surface area (Å²) in [5, 5.41) is 0. The summed E-state index contributed by atoms with van der Waals surface area (Å²) in [7, 11) is 0. The number of hydrogen-bond donors (Lipinski definition) is 0. The van der Waals surface area contributed by atoms with Crippen molar-refractivity contribution in [3.63, 3.8) is 0 Å². The molecule has 0 amide bonds. The van der Waals surface area contributed by atoms with Crippen molar-refractivity contribution in [2.75, 3.05) is 13.2 Å². The van der Waals surface area contributed by atoms with Crippen molar-refractivity contribution >= 4 is 65.5 Å². The summed E-state index contributed by atoms with van der Waals surface area (Å²) < 4.78 is 60.8. The number of rotatable bonds is 24. The van der Waals surface area contributed by atoms with Crippen LogP contribution in [0.5, 0.6) is 0 Å². The molecule has 0 aromatic heterocycles. The summed E-state index contributed by atoms with van der Waals surface area (Å²) in [6, 6.07) is 0. The van der Waals surface area contributed by atoms with E-state index in [9.17, 15) is 52.7 Å². The van der Waals surface area contributed by atoms with E-state index >= 15 is 0 Å². The highest BCUT2D eigenvalue weighted by molar-refractivity contribution is 5.91. The van der Waals surface area contributed by atoms with Gasteiger partial charge in [0.15, 0.2) is 13.2 Å². The Morgan fingerprint density at radius 1 is 0.381 bits per heavy atom. The second-order valence-electron chi connectivity index (χ2n) is 48.0. The molecule has 0 aromatic carbocycles. The van der Waals surface area contributed by atoms with Gasteiger partial charge in [0.05, 0.1) is 12.2 Å². The van der Waals surface area contributed by atoms with Crippen molar-refractivity contribution < 1.29 is 105 Å². The highest BCUT2D eigenvalue weighted by Gasteiger charge is 2.71. The first-order chi connectivity index (χ1) is 65.2. The third-order valence-corrected chi connectivity index (χ3v) is 35.8. The minimum Gasteiger partial charge on any atom is -0.457 e. The number of Topliss-reactive ketones (excluding diaryl/α,β-unsaturated/α-hetero) is 1. The number of ether oxygens (including phenoxy) is 11. The van der Waals surface area contributed by atoms with Crippen LogP contribution in [0.2, 0.25) is 0 Å². The number of carbonyl (C=O) groups is 11. The first-order valence-corrected chi connectivity index (χ1v) is 53.8. The number of fused-ring (bicyclic) bond motifs is 20. The average Bonchev–Trinajstić information content (AvgIpc) is 1.54. The van der Waals surface area contributed by atoms with Gasteiger partial charge in [-0.2, -0.15) is 0 Å². The molecule has 16 aliphatic carbocycles. The monoisotopic (exact) mass is 1940 g/mol. The summed E-state index contributed by atoms with van der Waals surface area (Å²) in [6.45, 7) is 63.9. The Bertz CT molecular complexity index is 4440. The van der Waals surface area contributed by atoms with Gasteiger partial charge in [-0.1, -0.05) is 120 Å². The standard InChI is InChI=1S/C19H28O2.C18H26O2.C17H24O4.C15H22O3.C14H24O2.C13H22O2.C11H16O3.C10H16O4/c1-10(2)18(20)21-19(11(3)4)9-14-8-15(19)17-13-6-5-12(7-13)16(14)17;1-4-18(20-17(19)10(2)3)9-13-8-14(18)16-12-6-5-11(7-12)15(13)16;1-10(2)16(19)20-9-15(18)21-17(3)13-5-11-4-12(7-13)8-14(17)6-11;1-10(2)14(16)18-15(7-3-4-8-15)12-9-11-5-6-13(12)17-11;1-4-14(16-13(15)12(2)3)10-8-6-5-7-9-11-14;1-10(2)12(14)15-13(11(3)4)8-6-5-7-9-13;1-8(2)10(13)14-11(3)6-4-9(12)5-7-11;1-7(2)9(12)13-6-8(11)14-10(3,4)5/h11-17H,1,5-9H2,2-4H3;11-16H,2,4-9H2,1,3H3;11-14H,1,4-9H2,2-3H3;11-13H,1,3-9H2,2H3;2,4-11H2,1,3H3;11H,1,5-9H2,2-4H3;1,4-7H2,2-3H3;1,6H2,2-5H3. The fourth-order valence-electron chi connectivity index (χ4n) is 28.8. The lowest BCUT2D eigenvalue weighted by atomic mass is 9.50. The fourth-order valence-corrected chi connectivity index (χ4v) is 28.8. The zero-order chi connectivity index (χ0) is 103. The number of esters is 10. The van der Waals surface area contributed by atoms with Gasteiger partial charge in [0.25, 0.3) is 0 Å². The maximum atomic E-state index is 12.2. The van der Waals surface area contributed by atoms with Crippen molar-refractivity contribution in [2.45, 2.75) is 445 Å². The predicted molar refractivity (Wildman–Crippen MR) is 538 cm³/mol. The Labute approximate surface area is 834 Å². The van der Waals surface area contributed by atoms with Crippen LogP contribution < -0.4 is 0 Å². The molecule has 2 aliphatic heterocycles. The van der Waals surface area contributed by atoms with Gasteiger partial charge in [-0.3, -0.25) is 4.79 Å². The Hall–Kier alpha value is -7.75. The third kappa shape index (κ3) is 27.7. The van der Waals surface area contributed by atoms with Gasteiger partial charge in [-0.25, -0.2) is 47.9 Å². The molecule has 2 heterocycles. The molecule has 0 N–H and O–H groups in total. The van der Waals surface area contributed by atoms with Crippen LogP contribution in [0, 0.1) is 112 Å². The predicted octanol–water partition coefficient (Wildman–Crippen LogP) is 24.9. The van der Waals surface area contributed by atoms with Crippen LogP contribution >= 0.6 is 0 Å². The van der Waals surface area contributed by atoms with Crippen LogP contribution in [0.25, 0.3) is 0 Å². The zero-order valence-corrected chi connectivity index (χ0v) is 89.0. The molecule has 18 rings (SSSR count). The molecule has 22 heteroatoms. The van der Waals surface area contributed by atoms with Crippen molar-refractivity contribution in [1.82, 2.24) is 0 Å². The number of ketones is 1. The molecule has 778 valence electrons. The molecule has 17 atom stereocenters. The van der Waals surface area contributed by atoms with Gasteiger partial charge in [0.1, 0.15) is 50.6 Å². The molecule has 2 saturated heterocycles. The minimum atomic E-state index is -0.587. The van der Waals surface area contributed by atoms with E-state index in [1.54, 1.807) is 69.2 Å². The van der Waals surface area contributed by atoms with Gasteiger partial charge in [-0.05, 0) is 403 Å². The number of hydrogen-bond acceptors (Lipinski definition) is 22. The van der Waals surface area contributed by atoms with E-state index in [2.05, 4.69) is 106 Å². The molecular weight excluding hydrogens is 1760 g/mol. The van der Waals surface area contributed by atoms with E-state index in [1.165, 1.54) is 148 Å². The van der Waals surface area contributed by atoms with Crippen molar-refractivity contribution in [2.24, 2.45) is 112 Å². The second-order valence-corrected chi connectivity index (χ2v) is 48.0. The van der Waals surface area contributed by atoms with Crippen LogP contribution in [0.3, 0.4) is 0 Å². The second kappa shape index (κ2) is 47.8. The minimum absolute atomic E-state index is 0.160. The van der Waals surface area contributed by atoms with Gasteiger partial charge >= 0.3 is 59.7 Å². The molecule has 18 fully saturated rings. The van der Waals surface area contributed by atoms with Gasteiger partial charge < -0.3 is 52.1 Å². The molecule has 14 bridgehead atoms. The van der Waals surface area contributed by atoms with Crippen LogP contribution in [0.4, 0.5) is 0 Å². The van der Waals surface area contributed by atoms with E-state index in [4.69, 9.17) is 47.4 Å². The van der Waals surface area contributed by atoms with Gasteiger partial charge in [-0.15, -0.1) is 0 Å². The molecular formula is C117H178O22. The maximum Gasteiger partial charge on any atom is 0.344 e. The van der Waals surface area contributed by atoms with Crippen LogP contribution in [-0.4, -0.2) is 136 Å². The smallest absolute Gasteiger partial charge is 0.344 e. The molecule has 22 nitrogen and oxygen atoms in total. The highest BCUT2D eigenvalue weighted by Crippen LogP contribution is 2.73. The SMILES string of the molecule is C=C(C)C(=O)OC1(C(C)C)CC2CC1C1C3CCC(C3)C21.C=C(C)C(=O)OC1(C(C)C)CCCCC1.C=C(C)C(=O)OC1(C)CCC(=O)CC1.C=C(C)C(=O)OC1(C2CC3CCC2O3)CCCC1.C=C(C)C(=O)OC1(CC)CC2CC1C1C3CCC(C3)C21.C=C(C)C(=O)OC1(CC)CCCCCCC1.C=C(C)C(=O)OCC(=O)OC(C)(C)C.C=C(C)C(=O)OCC(=O)OC1(C)C2CC3CC(C2)CC1C3. The van der Waals surface area contributed by atoms with Gasteiger partial charge in [0.2, 0.25) is 0 Å². The average molecular weight is 1940 g/mol. The van der Waals surface area contributed by atoms with Crippen LogP contribution in [-0.2, 0) is 105 Å². The first-order valence-electron chi connectivity index (χ1n) is 53.8. The Balaban J connectivity index is 0.000000165. The Morgan fingerprint density at radius 2 is 0.791 bits per heavy atom. The zero-order valence-electron chi connectivity index (χ0n) is 89.0. The summed E-state index contributed by atoms with van der Waals surface area (Å²) in [5.74, 6) is 11.0. The molecule has 0 radical (unpaired) electrons. The molecule has 0 aromatic rings. The van der Waals surface area contributed by atoms with E-state index in [-0.39, 0.29) is 94.0 Å². The lowest BCUT2D eigenvalue weighted by Gasteiger charge is -2.59. The van der Waals surface area contributed by atoms with Crippen molar-refractivity contribution in [3.8, 4) is 0 Å². The first kappa shape index (κ1) is 113. The van der Waals surface area contributed by atoms with E-state index < -0.39 is 35.1 Å². The molecule has 17 unspecified atom stereocenters. The van der Waals surface area contributed by atoms with E-state index in [0.717, 1.165) is 161 Å². The third-order valence-electron chi connectivity index (χ3n) is 35.8. The maximum absolute atomic E-state index is 12.2. The number of carbonyl (C=O) groups excluding carboxylic acids is 11. The lowest BCUT2D eigenvalue weighted by Crippen LogP contribution is -2.58. The summed E-state index contributed by atoms with van der Waals surface area (Å²) in [6.07, 6.45) is 46.2. The van der Waals surface area contributed by atoms with Crippen molar-refractivity contribution in [3.05, 3.63) is 97.2 Å². The lowest BCUT2D eigenvalue weighted by molar-refractivity contribution is -0.207. The molecule has 16 saturated carbocycles. The van der Waals surface area contributed by atoms with E-state index in [1.807, 2.05) is 6.92 Å². The Morgan fingerprint density at radius 3 is 1.24 bits per heavy atom. The summed E-state index contributed by atoms with van der Waals surface area (Å²) >= 11 is 0. The Kier molecular flexibility index (Phi) is 39.0. The van der Waals surface area contributed by atoms with Gasteiger partial charge in [0, 0.05) is 75.2 Å². The molecule has 0 spiro atoms. The molecule has 139 heavy (non-hydrogen) atoms. The quantitative estimate of drug-likeness (QED) is 0.0375. The highest BCUT2D eigenvalue weighted by atomic mass is 16.6. The summed E-state index contributed by atoms with van der Waals surface area (Å²) in [4.78, 5) is 127. The van der Waals surface area contributed by atoms with Crippen LogP contribution in [0.15, 0.2) is 97.2 Å².